The lowest BCUT2D eigenvalue weighted by Crippen LogP contribution is -1.83. The highest BCUT2D eigenvalue weighted by molar-refractivity contribution is 8.13. The number of hydrogen-bond acceptors (Lipinski definition) is 3. The Labute approximate surface area is 104 Å². The molecule has 0 bridgehead atoms. The fraction of sp³-hybridized carbons (Fsp3) is 0.167. The monoisotopic (exact) mass is 251 g/mol. The predicted molar refractivity (Wildman–Crippen MR) is 68.3 cm³/mol. The van der Waals surface area contributed by atoms with Gasteiger partial charge in [-0.05, 0) is 23.8 Å². The summed E-state index contributed by atoms with van der Waals surface area (Å²) in [4.78, 5) is 10.7. The molecule has 4 heteroatoms. The zero-order valence-corrected chi connectivity index (χ0v) is 10.3. The highest BCUT2D eigenvalue weighted by atomic mass is 35.5. The molecule has 0 radical (unpaired) electrons. The smallest absolute Gasteiger partial charge is 0.186 e. The molecular formula is C12H10ClNOS. The molecule has 0 spiro atoms. The zero-order chi connectivity index (χ0) is 12.0. The number of benzene rings is 1. The standard InChI is InChI=1S/C12H10ClNOS/c1-9(15)16-6-2-3-11-7-10(8-14)4-5-12(11)13/h2-5,7H,6H2,1H3. The van der Waals surface area contributed by atoms with Gasteiger partial charge in [0.25, 0.3) is 0 Å². The first-order chi connectivity index (χ1) is 7.63. The largest absolute Gasteiger partial charge is 0.288 e. The van der Waals surface area contributed by atoms with Gasteiger partial charge in [-0.2, -0.15) is 5.26 Å². The first-order valence-electron chi connectivity index (χ1n) is 4.63. The van der Waals surface area contributed by atoms with Crippen LogP contribution in [0.25, 0.3) is 6.08 Å². The average Bonchev–Trinajstić information content (AvgIpc) is 2.26. The van der Waals surface area contributed by atoms with Crippen LogP contribution in [0, 0.1) is 11.3 Å². The van der Waals surface area contributed by atoms with Crippen molar-refractivity contribution in [3.63, 3.8) is 0 Å². The lowest BCUT2D eigenvalue weighted by Gasteiger charge is -1.98. The maximum absolute atomic E-state index is 10.7. The van der Waals surface area contributed by atoms with Gasteiger partial charge in [0.05, 0.1) is 11.6 Å². The van der Waals surface area contributed by atoms with E-state index >= 15 is 0 Å². The quantitative estimate of drug-likeness (QED) is 0.826. The van der Waals surface area contributed by atoms with E-state index in [0.717, 1.165) is 5.56 Å². The van der Waals surface area contributed by atoms with Crippen LogP contribution in [-0.2, 0) is 4.79 Å². The normalized spacial score (nSPS) is 10.3. The summed E-state index contributed by atoms with van der Waals surface area (Å²) in [5, 5.41) is 9.42. The summed E-state index contributed by atoms with van der Waals surface area (Å²) in [6, 6.07) is 7.13. The molecule has 82 valence electrons. The molecule has 0 aliphatic rings. The summed E-state index contributed by atoms with van der Waals surface area (Å²) in [5.74, 6) is 0.614. The summed E-state index contributed by atoms with van der Waals surface area (Å²) < 4.78 is 0. The number of halogens is 1. The molecule has 1 aromatic rings. The number of carbonyl (C=O) groups is 1. The minimum absolute atomic E-state index is 0.0847. The van der Waals surface area contributed by atoms with Gasteiger partial charge in [-0.15, -0.1) is 0 Å². The molecule has 0 N–H and O–H groups in total. The molecule has 0 amide bonds. The van der Waals surface area contributed by atoms with Crippen LogP contribution in [-0.4, -0.2) is 10.9 Å². The Kier molecular flexibility index (Phi) is 5.10. The minimum atomic E-state index is 0.0847. The number of nitrogens with zero attached hydrogens (tertiary/aromatic N) is 1. The number of thioether (sulfide) groups is 1. The van der Waals surface area contributed by atoms with Gasteiger partial charge >= 0.3 is 0 Å². The Morgan fingerprint density at radius 1 is 1.62 bits per heavy atom. The first-order valence-corrected chi connectivity index (χ1v) is 5.99. The van der Waals surface area contributed by atoms with E-state index in [1.165, 1.54) is 18.7 Å². The fourth-order valence-corrected chi connectivity index (χ4v) is 1.69. The van der Waals surface area contributed by atoms with E-state index in [1.54, 1.807) is 18.2 Å². The zero-order valence-electron chi connectivity index (χ0n) is 8.74. The van der Waals surface area contributed by atoms with Crippen molar-refractivity contribution in [2.24, 2.45) is 0 Å². The van der Waals surface area contributed by atoms with Crippen LogP contribution in [0.1, 0.15) is 18.1 Å². The van der Waals surface area contributed by atoms with E-state index in [-0.39, 0.29) is 5.12 Å². The topological polar surface area (TPSA) is 40.9 Å². The summed E-state index contributed by atoms with van der Waals surface area (Å²) in [7, 11) is 0. The Balaban J connectivity index is 2.73. The fourth-order valence-electron chi connectivity index (χ4n) is 1.08. The summed E-state index contributed by atoms with van der Waals surface area (Å²) in [5.41, 5.74) is 1.37. The SMILES string of the molecule is CC(=O)SCC=Cc1cc(C#N)ccc1Cl. The number of hydrogen-bond donors (Lipinski definition) is 0. The van der Waals surface area contributed by atoms with Crippen LogP contribution in [0.4, 0.5) is 0 Å². The van der Waals surface area contributed by atoms with Gasteiger partial charge < -0.3 is 0 Å². The molecule has 1 rings (SSSR count). The van der Waals surface area contributed by atoms with Crippen molar-refractivity contribution < 1.29 is 4.79 Å². The van der Waals surface area contributed by atoms with Crippen molar-refractivity contribution in [3.05, 3.63) is 40.4 Å². The van der Waals surface area contributed by atoms with Gasteiger partial charge in [0.2, 0.25) is 0 Å². The third-order valence-corrected chi connectivity index (χ3v) is 2.92. The Morgan fingerprint density at radius 2 is 2.38 bits per heavy atom. The average molecular weight is 252 g/mol. The van der Waals surface area contributed by atoms with Gasteiger partial charge in [-0.3, -0.25) is 4.79 Å². The van der Waals surface area contributed by atoms with E-state index in [9.17, 15) is 4.79 Å². The molecule has 0 aliphatic heterocycles. The van der Waals surface area contributed by atoms with Crippen LogP contribution in [0.15, 0.2) is 24.3 Å². The van der Waals surface area contributed by atoms with Crippen LogP contribution in [0.3, 0.4) is 0 Å². The number of carbonyl (C=O) groups excluding carboxylic acids is 1. The van der Waals surface area contributed by atoms with E-state index < -0.39 is 0 Å². The maximum Gasteiger partial charge on any atom is 0.186 e. The molecule has 0 atom stereocenters. The van der Waals surface area contributed by atoms with Crippen LogP contribution < -0.4 is 0 Å². The lowest BCUT2D eigenvalue weighted by atomic mass is 10.1. The van der Waals surface area contributed by atoms with E-state index in [0.29, 0.717) is 16.3 Å². The van der Waals surface area contributed by atoms with Crippen LogP contribution in [0.5, 0.6) is 0 Å². The summed E-state index contributed by atoms with van der Waals surface area (Å²) >= 11 is 7.19. The molecule has 16 heavy (non-hydrogen) atoms. The second kappa shape index (κ2) is 6.37. The third kappa shape index (κ3) is 4.09. The predicted octanol–water partition coefficient (Wildman–Crippen LogP) is 3.50. The van der Waals surface area contributed by atoms with Crippen molar-refractivity contribution in [3.8, 4) is 6.07 Å². The molecule has 0 aromatic heterocycles. The molecule has 2 nitrogen and oxygen atoms in total. The molecular weight excluding hydrogens is 242 g/mol. The Morgan fingerprint density at radius 3 is 3.00 bits per heavy atom. The van der Waals surface area contributed by atoms with Crippen molar-refractivity contribution in [2.45, 2.75) is 6.92 Å². The molecule has 0 saturated heterocycles. The molecule has 0 saturated carbocycles. The van der Waals surface area contributed by atoms with Gasteiger partial charge in [0.1, 0.15) is 0 Å². The molecule has 1 aromatic carbocycles. The minimum Gasteiger partial charge on any atom is -0.288 e. The van der Waals surface area contributed by atoms with Crippen molar-refractivity contribution >= 4 is 34.6 Å². The Bertz CT molecular complexity index is 463. The van der Waals surface area contributed by atoms with E-state index in [2.05, 4.69) is 6.07 Å². The van der Waals surface area contributed by atoms with Gasteiger partial charge in [0.15, 0.2) is 5.12 Å². The highest BCUT2D eigenvalue weighted by Crippen LogP contribution is 2.19. The van der Waals surface area contributed by atoms with Crippen LogP contribution >= 0.6 is 23.4 Å². The van der Waals surface area contributed by atoms with E-state index in [1.807, 2.05) is 12.2 Å². The van der Waals surface area contributed by atoms with Gasteiger partial charge in [-0.25, -0.2) is 0 Å². The van der Waals surface area contributed by atoms with Crippen molar-refractivity contribution in [1.82, 2.24) is 0 Å². The third-order valence-electron chi connectivity index (χ3n) is 1.81. The van der Waals surface area contributed by atoms with Crippen LogP contribution in [0.2, 0.25) is 5.02 Å². The summed E-state index contributed by atoms with van der Waals surface area (Å²) in [6.45, 7) is 1.53. The molecule has 0 unspecified atom stereocenters. The van der Waals surface area contributed by atoms with Gasteiger partial charge in [-0.1, -0.05) is 35.5 Å². The molecule has 0 heterocycles. The van der Waals surface area contributed by atoms with E-state index in [4.69, 9.17) is 16.9 Å². The number of rotatable bonds is 3. The highest BCUT2D eigenvalue weighted by Gasteiger charge is 1.98. The second-order valence-corrected chi connectivity index (χ2v) is 4.66. The van der Waals surface area contributed by atoms with Crippen molar-refractivity contribution in [2.75, 3.05) is 5.75 Å². The van der Waals surface area contributed by atoms with Crippen molar-refractivity contribution in [1.29, 1.82) is 5.26 Å². The second-order valence-electron chi connectivity index (χ2n) is 3.05. The lowest BCUT2D eigenvalue weighted by molar-refractivity contribution is -0.109. The summed E-state index contributed by atoms with van der Waals surface area (Å²) in [6.07, 6.45) is 3.67. The van der Waals surface area contributed by atoms with Gasteiger partial charge in [0, 0.05) is 17.7 Å². The first kappa shape index (κ1) is 12.8. The maximum atomic E-state index is 10.7. The molecule has 0 fully saturated rings. The number of nitriles is 1. The molecule has 0 aliphatic carbocycles. The Hall–Kier alpha value is -1.24.